The number of aromatic nitrogens is 2. The molecule has 2 rings (SSSR count). The zero-order valence-corrected chi connectivity index (χ0v) is 9.16. The minimum Gasteiger partial charge on any atom is -0.465 e. The van der Waals surface area contributed by atoms with E-state index in [0.29, 0.717) is 11.1 Å². The molecule has 0 unspecified atom stereocenters. The van der Waals surface area contributed by atoms with Crippen molar-refractivity contribution in [2.24, 2.45) is 0 Å². The highest BCUT2D eigenvalue weighted by Gasteiger charge is 2.08. The van der Waals surface area contributed by atoms with E-state index in [1.807, 2.05) is 0 Å². The number of rotatable bonds is 3. The summed E-state index contributed by atoms with van der Waals surface area (Å²) in [5.74, 6) is -0.430. The molecule has 0 radical (unpaired) electrons. The number of carbonyl (C=O) groups excluding carboxylic acids is 2. The lowest BCUT2D eigenvalue weighted by atomic mass is 10.2. The first-order chi connectivity index (χ1) is 8.24. The summed E-state index contributed by atoms with van der Waals surface area (Å²) < 4.78 is 6.13. The van der Waals surface area contributed by atoms with Gasteiger partial charge in [0, 0.05) is 11.8 Å². The van der Waals surface area contributed by atoms with Crippen LogP contribution in [0, 0.1) is 0 Å². The molecule has 0 aliphatic rings. The fourth-order valence-corrected chi connectivity index (χ4v) is 1.39. The van der Waals surface area contributed by atoms with E-state index >= 15 is 0 Å². The normalized spacial score (nSPS) is 9.94. The molecule has 0 saturated heterocycles. The fraction of sp³-hybridized carbons (Fsp3) is 0.0833. The molecule has 0 fully saturated rings. The molecular formula is C12H10N2O3. The Morgan fingerprint density at radius 2 is 2.06 bits per heavy atom. The molecule has 0 spiro atoms. The van der Waals surface area contributed by atoms with E-state index in [4.69, 9.17) is 0 Å². The van der Waals surface area contributed by atoms with Crippen LogP contribution in [0.25, 0.3) is 5.69 Å². The molecule has 5 nitrogen and oxygen atoms in total. The minimum atomic E-state index is -0.430. The van der Waals surface area contributed by atoms with Crippen molar-refractivity contribution < 1.29 is 14.3 Å². The maximum Gasteiger partial charge on any atom is 0.341 e. The van der Waals surface area contributed by atoms with E-state index < -0.39 is 5.97 Å². The Bertz CT molecular complexity index is 543. The lowest BCUT2D eigenvalue weighted by molar-refractivity contribution is 0.0600. The molecule has 0 aliphatic carbocycles. The zero-order valence-electron chi connectivity index (χ0n) is 9.16. The number of hydrogen-bond acceptors (Lipinski definition) is 4. The third-order valence-corrected chi connectivity index (χ3v) is 2.30. The number of esters is 1. The van der Waals surface area contributed by atoms with Crippen LogP contribution in [0.2, 0.25) is 0 Å². The average Bonchev–Trinajstić information content (AvgIpc) is 2.87. The topological polar surface area (TPSA) is 61.2 Å². The van der Waals surface area contributed by atoms with Crippen LogP contribution in [-0.2, 0) is 4.74 Å². The molecule has 17 heavy (non-hydrogen) atoms. The van der Waals surface area contributed by atoms with Gasteiger partial charge in [0.1, 0.15) is 6.29 Å². The molecule has 0 bridgehead atoms. The highest BCUT2D eigenvalue weighted by molar-refractivity contribution is 5.88. The Morgan fingerprint density at radius 3 is 2.65 bits per heavy atom. The third kappa shape index (κ3) is 2.23. The zero-order chi connectivity index (χ0) is 12.3. The van der Waals surface area contributed by atoms with Crippen LogP contribution < -0.4 is 0 Å². The number of hydrogen-bond donors (Lipinski definition) is 0. The summed E-state index contributed by atoms with van der Waals surface area (Å²) in [6.07, 6.45) is 3.77. The van der Waals surface area contributed by atoms with Crippen molar-refractivity contribution in [2.75, 3.05) is 7.11 Å². The lowest BCUT2D eigenvalue weighted by Crippen LogP contribution is -1.99. The van der Waals surface area contributed by atoms with E-state index in [2.05, 4.69) is 9.84 Å². The molecule has 0 amide bonds. The van der Waals surface area contributed by atoms with Crippen molar-refractivity contribution in [3.05, 3.63) is 47.8 Å². The molecule has 1 aromatic heterocycles. The summed E-state index contributed by atoms with van der Waals surface area (Å²) >= 11 is 0. The van der Waals surface area contributed by atoms with Crippen LogP contribution in [0.3, 0.4) is 0 Å². The van der Waals surface area contributed by atoms with Crippen molar-refractivity contribution in [1.82, 2.24) is 9.78 Å². The van der Waals surface area contributed by atoms with Crippen LogP contribution in [-0.4, -0.2) is 29.1 Å². The van der Waals surface area contributed by atoms with E-state index in [9.17, 15) is 9.59 Å². The number of carbonyl (C=O) groups is 2. The van der Waals surface area contributed by atoms with E-state index in [-0.39, 0.29) is 0 Å². The highest BCUT2D eigenvalue weighted by Crippen LogP contribution is 2.09. The molecule has 86 valence electrons. The monoisotopic (exact) mass is 230 g/mol. The number of aldehydes is 1. The van der Waals surface area contributed by atoms with Gasteiger partial charge in [-0.1, -0.05) is 0 Å². The second-order valence-electron chi connectivity index (χ2n) is 3.37. The smallest absolute Gasteiger partial charge is 0.341 e. The van der Waals surface area contributed by atoms with E-state index in [1.165, 1.54) is 13.3 Å². The van der Waals surface area contributed by atoms with Crippen molar-refractivity contribution in [1.29, 1.82) is 0 Å². The molecule has 1 aromatic carbocycles. The Balaban J connectivity index is 2.30. The Morgan fingerprint density at radius 1 is 1.35 bits per heavy atom. The van der Waals surface area contributed by atoms with Gasteiger partial charge in [0.15, 0.2) is 0 Å². The molecule has 5 heteroatoms. The Hall–Kier alpha value is -2.43. The molecule has 0 saturated carbocycles. The van der Waals surface area contributed by atoms with Gasteiger partial charge in [0.05, 0.1) is 24.6 Å². The van der Waals surface area contributed by atoms with Gasteiger partial charge in [-0.2, -0.15) is 5.10 Å². The first-order valence-electron chi connectivity index (χ1n) is 4.93. The van der Waals surface area contributed by atoms with Crippen LogP contribution in [0.1, 0.15) is 20.7 Å². The van der Waals surface area contributed by atoms with Crippen LogP contribution in [0.5, 0.6) is 0 Å². The van der Waals surface area contributed by atoms with Gasteiger partial charge in [-0.15, -0.1) is 0 Å². The molecule has 0 atom stereocenters. The highest BCUT2D eigenvalue weighted by atomic mass is 16.5. The molecule has 2 aromatic rings. The lowest BCUT2D eigenvalue weighted by Gasteiger charge is -2.00. The quantitative estimate of drug-likeness (QED) is 0.591. The third-order valence-electron chi connectivity index (χ3n) is 2.30. The van der Waals surface area contributed by atoms with Crippen molar-refractivity contribution >= 4 is 12.3 Å². The van der Waals surface area contributed by atoms with Gasteiger partial charge in [0.25, 0.3) is 0 Å². The summed E-state index contributed by atoms with van der Waals surface area (Å²) in [6.45, 7) is 0. The van der Waals surface area contributed by atoms with E-state index in [0.717, 1.165) is 12.0 Å². The molecule has 0 N–H and O–H groups in total. The summed E-state index contributed by atoms with van der Waals surface area (Å²) in [5, 5.41) is 4.04. The van der Waals surface area contributed by atoms with Crippen LogP contribution in [0.15, 0.2) is 36.7 Å². The number of benzene rings is 1. The Kier molecular flexibility index (Phi) is 3.00. The average molecular weight is 230 g/mol. The van der Waals surface area contributed by atoms with Gasteiger partial charge in [0.2, 0.25) is 0 Å². The van der Waals surface area contributed by atoms with Crippen molar-refractivity contribution in [3.63, 3.8) is 0 Å². The van der Waals surface area contributed by atoms with Gasteiger partial charge in [-0.05, 0) is 24.3 Å². The summed E-state index contributed by atoms with van der Waals surface area (Å²) in [6, 6.07) is 6.86. The van der Waals surface area contributed by atoms with Gasteiger partial charge >= 0.3 is 5.97 Å². The standard InChI is InChI=1S/C12H10N2O3/c1-17-12(16)10-6-13-14(7-10)11-4-2-9(8-15)3-5-11/h2-8H,1H3. The van der Waals surface area contributed by atoms with E-state index in [1.54, 1.807) is 35.1 Å². The van der Waals surface area contributed by atoms with Gasteiger partial charge in [-0.3, -0.25) is 4.79 Å². The summed E-state index contributed by atoms with van der Waals surface area (Å²) in [4.78, 5) is 21.7. The van der Waals surface area contributed by atoms with Gasteiger partial charge in [-0.25, -0.2) is 9.48 Å². The summed E-state index contributed by atoms with van der Waals surface area (Å²) in [5.41, 5.74) is 1.74. The molecule has 0 aliphatic heterocycles. The van der Waals surface area contributed by atoms with Crippen molar-refractivity contribution in [3.8, 4) is 5.69 Å². The predicted molar refractivity (Wildman–Crippen MR) is 60.3 cm³/mol. The van der Waals surface area contributed by atoms with Crippen LogP contribution in [0.4, 0.5) is 0 Å². The first-order valence-corrected chi connectivity index (χ1v) is 4.93. The number of ether oxygens (including phenoxy) is 1. The molecule has 1 heterocycles. The maximum absolute atomic E-state index is 11.2. The maximum atomic E-state index is 11.2. The fourth-order valence-electron chi connectivity index (χ4n) is 1.39. The SMILES string of the molecule is COC(=O)c1cnn(-c2ccc(C=O)cc2)c1. The Labute approximate surface area is 97.6 Å². The van der Waals surface area contributed by atoms with Gasteiger partial charge < -0.3 is 4.74 Å². The predicted octanol–water partition coefficient (Wildman–Crippen LogP) is 1.47. The largest absolute Gasteiger partial charge is 0.465 e. The second kappa shape index (κ2) is 4.61. The second-order valence-corrected chi connectivity index (χ2v) is 3.37. The first kappa shape index (κ1) is 11.1. The van der Waals surface area contributed by atoms with Crippen molar-refractivity contribution in [2.45, 2.75) is 0 Å². The molecular weight excluding hydrogens is 220 g/mol. The minimum absolute atomic E-state index is 0.381. The number of nitrogens with zero attached hydrogens (tertiary/aromatic N) is 2. The summed E-state index contributed by atoms with van der Waals surface area (Å²) in [7, 11) is 1.32. The number of methoxy groups -OCH3 is 1. The van der Waals surface area contributed by atoms with Crippen LogP contribution >= 0.6 is 0 Å².